The average molecular weight is 464 g/mol. The summed E-state index contributed by atoms with van der Waals surface area (Å²) in [7, 11) is 1.50. The summed E-state index contributed by atoms with van der Waals surface area (Å²) in [5.74, 6) is -0.925. The van der Waals surface area contributed by atoms with Crippen molar-refractivity contribution in [2.24, 2.45) is 0 Å². The number of nitrogens with one attached hydrogen (secondary N) is 1. The molecule has 1 unspecified atom stereocenters. The lowest BCUT2D eigenvalue weighted by molar-refractivity contribution is -0.118. The van der Waals surface area contributed by atoms with Gasteiger partial charge in [-0.2, -0.15) is 0 Å². The molecule has 168 valence electrons. The Hall–Kier alpha value is -3.98. The predicted octanol–water partition coefficient (Wildman–Crippen LogP) is 4.34. The van der Waals surface area contributed by atoms with Crippen LogP contribution in [0.2, 0.25) is 0 Å². The molecule has 1 atom stereocenters. The zero-order chi connectivity index (χ0) is 23.7. The highest BCUT2D eigenvalue weighted by molar-refractivity contribution is 7.17. The minimum Gasteiger partial charge on any atom is -0.495 e. The number of anilines is 1. The number of hydrogen-bond donors (Lipinski definition) is 2. The molecule has 4 aromatic rings. The number of carbonyl (C=O) groups excluding carboxylic acids is 1. The maximum atomic E-state index is 13.6. The van der Waals surface area contributed by atoms with E-state index in [4.69, 9.17) is 4.74 Å². The number of rotatable bonds is 6. The van der Waals surface area contributed by atoms with Crippen LogP contribution in [0.15, 0.2) is 58.7 Å². The molecular formula is C24H21N3O5S. The molecule has 2 heterocycles. The zero-order valence-corrected chi connectivity index (χ0v) is 19.0. The van der Waals surface area contributed by atoms with Crippen LogP contribution in [-0.4, -0.2) is 33.6 Å². The molecule has 0 fully saturated rings. The highest BCUT2D eigenvalue weighted by Gasteiger charge is 2.26. The number of carboxylic acid groups (broad SMARTS) is 1. The van der Waals surface area contributed by atoms with E-state index >= 15 is 0 Å². The molecule has 0 aliphatic rings. The second kappa shape index (κ2) is 8.87. The number of carbonyl (C=O) groups is 2. The van der Waals surface area contributed by atoms with Crippen LogP contribution in [0.5, 0.6) is 5.75 Å². The lowest BCUT2D eigenvalue weighted by Crippen LogP contribution is -2.33. The third kappa shape index (κ3) is 4.10. The minimum atomic E-state index is -1.22. The lowest BCUT2D eigenvalue weighted by Gasteiger charge is -2.20. The van der Waals surface area contributed by atoms with Crippen molar-refractivity contribution in [3.05, 3.63) is 75.4 Å². The fraction of sp³-hybridized carbons (Fsp3) is 0.167. The number of nitrogens with zero attached hydrogens (tertiary/aromatic N) is 2. The molecule has 2 aromatic carbocycles. The molecule has 9 heteroatoms. The number of aromatic nitrogens is 2. The summed E-state index contributed by atoms with van der Waals surface area (Å²) < 4.78 is 6.54. The van der Waals surface area contributed by atoms with Crippen molar-refractivity contribution in [3.8, 4) is 17.1 Å². The van der Waals surface area contributed by atoms with Gasteiger partial charge < -0.3 is 15.2 Å². The normalized spacial score (nSPS) is 11.8. The number of thiophene rings is 1. The summed E-state index contributed by atoms with van der Waals surface area (Å²) in [4.78, 5) is 43.4. The lowest BCUT2D eigenvalue weighted by atomic mass is 10.1. The first-order valence-electron chi connectivity index (χ1n) is 10.1. The molecule has 0 radical (unpaired) electrons. The van der Waals surface area contributed by atoms with Gasteiger partial charge >= 0.3 is 5.97 Å². The van der Waals surface area contributed by atoms with E-state index in [0.29, 0.717) is 21.8 Å². The van der Waals surface area contributed by atoms with E-state index in [9.17, 15) is 19.5 Å². The Balaban J connectivity index is 1.90. The van der Waals surface area contributed by atoms with Gasteiger partial charge in [0.1, 0.15) is 22.4 Å². The van der Waals surface area contributed by atoms with Gasteiger partial charge in [0.2, 0.25) is 5.91 Å². The van der Waals surface area contributed by atoms with Gasteiger partial charge in [-0.05, 0) is 32.0 Å². The largest absolute Gasteiger partial charge is 0.495 e. The average Bonchev–Trinajstić information content (AvgIpc) is 3.24. The molecule has 8 nitrogen and oxygen atoms in total. The van der Waals surface area contributed by atoms with Crippen molar-refractivity contribution in [3.63, 3.8) is 0 Å². The number of hydrogen-bond acceptors (Lipinski definition) is 6. The van der Waals surface area contributed by atoms with Gasteiger partial charge in [-0.25, -0.2) is 9.78 Å². The summed E-state index contributed by atoms with van der Waals surface area (Å²) in [6.45, 7) is 3.49. The molecule has 0 bridgehead atoms. The van der Waals surface area contributed by atoms with Crippen molar-refractivity contribution in [1.82, 2.24) is 9.55 Å². The third-order valence-electron chi connectivity index (χ3n) is 5.28. The van der Waals surface area contributed by atoms with Crippen LogP contribution < -0.4 is 15.6 Å². The highest BCUT2D eigenvalue weighted by atomic mass is 32.1. The molecule has 2 aromatic heterocycles. The molecule has 0 aliphatic heterocycles. The molecular weight excluding hydrogens is 442 g/mol. The van der Waals surface area contributed by atoms with E-state index in [0.717, 1.165) is 16.9 Å². The van der Waals surface area contributed by atoms with Crippen molar-refractivity contribution in [2.45, 2.75) is 19.9 Å². The van der Waals surface area contributed by atoms with E-state index in [1.54, 1.807) is 37.3 Å². The number of ether oxygens (including phenoxy) is 1. The van der Waals surface area contributed by atoms with E-state index < -0.39 is 23.5 Å². The van der Waals surface area contributed by atoms with Crippen molar-refractivity contribution >= 4 is 39.1 Å². The summed E-state index contributed by atoms with van der Waals surface area (Å²) in [6, 6.07) is 13.4. The number of aromatic carboxylic acids is 1. The van der Waals surface area contributed by atoms with Crippen molar-refractivity contribution < 1.29 is 19.4 Å². The number of methoxy groups -OCH3 is 1. The van der Waals surface area contributed by atoms with E-state index in [1.807, 2.05) is 25.1 Å². The molecule has 33 heavy (non-hydrogen) atoms. The summed E-state index contributed by atoms with van der Waals surface area (Å²) in [6.07, 6.45) is 0. The van der Waals surface area contributed by atoms with Crippen LogP contribution >= 0.6 is 11.3 Å². The third-order valence-corrected chi connectivity index (χ3v) is 6.15. The quantitative estimate of drug-likeness (QED) is 0.440. The second-order valence-corrected chi connectivity index (χ2v) is 8.34. The van der Waals surface area contributed by atoms with Crippen molar-refractivity contribution in [1.29, 1.82) is 0 Å². The Morgan fingerprint density at radius 3 is 2.64 bits per heavy atom. The minimum absolute atomic E-state index is 0.0131. The first-order valence-corrected chi connectivity index (χ1v) is 11.0. The second-order valence-electron chi connectivity index (χ2n) is 7.48. The van der Waals surface area contributed by atoms with Gasteiger partial charge in [0, 0.05) is 10.9 Å². The van der Waals surface area contributed by atoms with Crippen LogP contribution in [0.4, 0.5) is 5.69 Å². The van der Waals surface area contributed by atoms with E-state index in [-0.39, 0.29) is 16.8 Å². The maximum absolute atomic E-state index is 13.6. The monoisotopic (exact) mass is 463 g/mol. The molecule has 2 N–H and O–H groups in total. The van der Waals surface area contributed by atoms with Gasteiger partial charge in [0.25, 0.3) is 5.56 Å². The molecule has 0 saturated carbocycles. The Bertz CT molecular complexity index is 1440. The van der Waals surface area contributed by atoms with Gasteiger partial charge in [-0.3, -0.25) is 14.2 Å². The molecule has 1 amide bonds. The van der Waals surface area contributed by atoms with Crippen LogP contribution in [0.25, 0.3) is 21.6 Å². The summed E-state index contributed by atoms with van der Waals surface area (Å²) in [5, 5.41) is 13.7. The number of amides is 1. The predicted molar refractivity (Wildman–Crippen MR) is 127 cm³/mol. The number of fused-ring (bicyclic) bond motifs is 1. The van der Waals surface area contributed by atoms with E-state index in [2.05, 4.69) is 10.3 Å². The SMILES string of the molecule is COc1ccccc1NC(=O)C(C)n1c(-c2cccc(C)c2)nc2scc(C(=O)O)c2c1=O. The Labute approximate surface area is 193 Å². The molecule has 4 rings (SSSR count). The zero-order valence-electron chi connectivity index (χ0n) is 18.2. The maximum Gasteiger partial charge on any atom is 0.337 e. The van der Waals surface area contributed by atoms with Crippen molar-refractivity contribution in [2.75, 3.05) is 12.4 Å². The molecule has 0 saturated heterocycles. The topological polar surface area (TPSA) is 111 Å². The summed E-state index contributed by atoms with van der Waals surface area (Å²) in [5.41, 5.74) is 1.35. The number of para-hydroxylation sites is 2. The Morgan fingerprint density at radius 1 is 1.18 bits per heavy atom. The van der Waals surface area contributed by atoms with Gasteiger partial charge in [-0.15, -0.1) is 11.3 Å². The van der Waals surface area contributed by atoms with E-state index in [1.165, 1.54) is 17.1 Å². The molecule has 0 aliphatic carbocycles. The van der Waals surface area contributed by atoms with Gasteiger partial charge in [0.05, 0.1) is 23.7 Å². The van der Waals surface area contributed by atoms with Crippen LogP contribution in [-0.2, 0) is 4.79 Å². The number of carboxylic acids is 1. The first kappa shape index (κ1) is 22.2. The number of benzene rings is 2. The smallest absolute Gasteiger partial charge is 0.337 e. The van der Waals surface area contributed by atoms with Crippen LogP contribution in [0.3, 0.4) is 0 Å². The standard InChI is InChI=1S/C24H21N3O5S/c1-13-7-6-8-15(11-13)20-26-22-19(16(12-33-22)24(30)31)23(29)27(20)14(2)21(28)25-17-9-4-5-10-18(17)32-3/h4-12,14H,1-3H3,(H,25,28)(H,30,31). The highest BCUT2D eigenvalue weighted by Crippen LogP contribution is 2.29. The Kier molecular flexibility index (Phi) is 5.97. The van der Waals surface area contributed by atoms with Crippen LogP contribution in [0, 0.1) is 6.92 Å². The van der Waals surface area contributed by atoms with Gasteiger partial charge in [-0.1, -0.05) is 35.9 Å². The molecule has 0 spiro atoms. The van der Waals surface area contributed by atoms with Crippen LogP contribution in [0.1, 0.15) is 28.9 Å². The number of aryl methyl sites for hydroxylation is 1. The Morgan fingerprint density at radius 2 is 1.94 bits per heavy atom. The fourth-order valence-corrected chi connectivity index (χ4v) is 4.51. The fourth-order valence-electron chi connectivity index (χ4n) is 3.61. The first-order chi connectivity index (χ1) is 15.8. The van der Waals surface area contributed by atoms with Gasteiger partial charge in [0.15, 0.2) is 0 Å². The summed E-state index contributed by atoms with van der Waals surface area (Å²) >= 11 is 1.08.